The lowest BCUT2D eigenvalue weighted by molar-refractivity contribution is -0.140. The highest BCUT2D eigenvalue weighted by Gasteiger charge is 2.33. The van der Waals surface area contributed by atoms with E-state index >= 15 is 0 Å². The molecule has 0 radical (unpaired) electrons. The second kappa shape index (κ2) is 11.2. The van der Waals surface area contributed by atoms with Gasteiger partial charge >= 0.3 is 6.18 Å². The third-order valence-corrected chi connectivity index (χ3v) is 4.85. The Morgan fingerprint density at radius 1 is 1.27 bits per heavy atom. The smallest absolute Gasteiger partial charge is 0.355 e. The summed E-state index contributed by atoms with van der Waals surface area (Å²) in [5, 5.41) is 7.61. The van der Waals surface area contributed by atoms with Crippen molar-refractivity contribution in [3.8, 4) is 0 Å². The first-order valence-electron chi connectivity index (χ1n) is 8.25. The molecule has 1 aromatic heterocycles. The molecule has 11 heteroatoms. The molecule has 0 saturated carbocycles. The third-order valence-electron chi connectivity index (χ3n) is 4.01. The summed E-state index contributed by atoms with van der Waals surface area (Å²) in [7, 11) is 3.77. The molecule has 2 rings (SSSR count). The van der Waals surface area contributed by atoms with Crippen LogP contribution >= 0.6 is 35.3 Å². The summed E-state index contributed by atoms with van der Waals surface area (Å²) < 4.78 is 37.6. The standard InChI is InChI=1S/C15H25F3N6S.HI/c1-19-14(20-4-7-24-6-3-5-23(2)8-9-24)21-10-13-22-12(11-25-13)15(16,17)18;/h11H,3-10H2,1-2H3,(H2,19,20,21);1H. The van der Waals surface area contributed by atoms with Crippen LogP contribution in [-0.4, -0.2) is 74.1 Å². The highest BCUT2D eigenvalue weighted by Crippen LogP contribution is 2.29. The Kier molecular flexibility index (Phi) is 10.1. The predicted octanol–water partition coefficient (Wildman–Crippen LogP) is 2.08. The second-order valence-corrected chi connectivity index (χ2v) is 6.92. The maximum atomic E-state index is 12.5. The van der Waals surface area contributed by atoms with E-state index < -0.39 is 11.9 Å². The lowest BCUT2D eigenvalue weighted by Crippen LogP contribution is -2.42. The number of aliphatic imine (C=N–C) groups is 1. The molecule has 26 heavy (non-hydrogen) atoms. The quantitative estimate of drug-likeness (QED) is 0.364. The average molecular weight is 506 g/mol. The fourth-order valence-electron chi connectivity index (χ4n) is 2.56. The SMILES string of the molecule is CN=C(NCCN1CCCN(C)CC1)NCc1nc(C(F)(F)F)cs1.I. The molecule has 1 fully saturated rings. The van der Waals surface area contributed by atoms with Crippen LogP contribution in [0.4, 0.5) is 13.2 Å². The molecule has 6 nitrogen and oxygen atoms in total. The number of nitrogens with one attached hydrogen (secondary N) is 2. The summed E-state index contributed by atoms with van der Waals surface area (Å²) in [5.41, 5.74) is -0.844. The van der Waals surface area contributed by atoms with Crippen molar-refractivity contribution in [2.75, 3.05) is 53.4 Å². The minimum absolute atomic E-state index is 0. The summed E-state index contributed by atoms with van der Waals surface area (Å²) in [6.07, 6.45) is -3.23. The summed E-state index contributed by atoms with van der Waals surface area (Å²) in [6, 6.07) is 0. The van der Waals surface area contributed by atoms with Gasteiger partial charge in [0.05, 0.1) is 6.54 Å². The number of halogens is 4. The molecule has 0 bridgehead atoms. The number of likely N-dealkylation sites (N-methyl/N-ethyl adjacent to an activating group) is 1. The Labute approximate surface area is 173 Å². The van der Waals surface area contributed by atoms with Gasteiger partial charge in [-0.2, -0.15) is 13.2 Å². The lowest BCUT2D eigenvalue weighted by Gasteiger charge is -2.20. The van der Waals surface area contributed by atoms with Gasteiger partial charge in [0.1, 0.15) is 5.01 Å². The number of thiazole rings is 1. The van der Waals surface area contributed by atoms with Crippen LogP contribution in [0.3, 0.4) is 0 Å². The molecule has 0 aliphatic carbocycles. The van der Waals surface area contributed by atoms with Crippen LogP contribution in [-0.2, 0) is 12.7 Å². The molecule has 150 valence electrons. The van der Waals surface area contributed by atoms with E-state index in [1.165, 1.54) is 0 Å². The zero-order chi connectivity index (χ0) is 18.3. The van der Waals surface area contributed by atoms with Gasteiger partial charge < -0.3 is 20.4 Å². The van der Waals surface area contributed by atoms with Gasteiger partial charge in [0, 0.05) is 38.6 Å². The first-order valence-corrected chi connectivity index (χ1v) is 9.13. The van der Waals surface area contributed by atoms with E-state index in [4.69, 9.17) is 0 Å². The van der Waals surface area contributed by atoms with E-state index in [2.05, 4.69) is 37.5 Å². The first-order chi connectivity index (χ1) is 11.9. The van der Waals surface area contributed by atoms with Crippen molar-refractivity contribution >= 4 is 41.3 Å². The van der Waals surface area contributed by atoms with Crippen molar-refractivity contribution in [1.82, 2.24) is 25.4 Å². The van der Waals surface area contributed by atoms with Crippen LogP contribution in [0.1, 0.15) is 17.1 Å². The minimum Gasteiger partial charge on any atom is -0.355 e. The van der Waals surface area contributed by atoms with E-state index in [1.807, 2.05) is 0 Å². The number of nitrogens with zero attached hydrogens (tertiary/aromatic N) is 4. The van der Waals surface area contributed by atoms with Gasteiger partial charge in [0.2, 0.25) is 0 Å². The minimum atomic E-state index is -4.39. The van der Waals surface area contributed by atoms with E-state index in [9.17, 15) is 13.2 Å². The van der Waals surface area contributed by atoms with Gasteiger partial charge in [-0.25, -0.2) is 4.98 Å². The number of rotatable bonds is 5. The van der Waals surface area contributed by atoms with Crippen molar-refractivity contribution in [2.45, 2.75) is 19.1 Å². The maximum absolute atomic E-state index is 12.5. The highest BCUT2D eigenvalue weighted by molar-refractivity contribution is 14.0. The van der Waals surface area contributed by atoms with Gasteiger partial charge in [-0.15, -0.1) is 35.3 Å². The number of alkyl halides is 3. The van der Waals surface area contributed by atoms with E-state index in [0.29, 0.717) is 11.0 Å². The topological polar surface area (TPSA) is 55.8 Å². The zero-order valence-corrected chi connectivity index (χ0v) is 18.1. The molecular weight excluding hydrogens is 480 g/mol. The van der Waals surface area contributed by atoms with Crippen molar-refractivity contribution < 1.29 is 13.2 Å². The van der Waals surface area contributed by atoms with Crippen LogP contribution in [0.15, 0.2) is 10.4 Å². The predicted molar refractivity (Wildman–Crippen MR) is 109 cm³/mol. The summed E-state index contributed by atoms with van der Waals surface area (Å²) in [6.45, 7) is 6.17. The Bertz CT molecular complexity index is 566. The van der Waals surface area contributed by atoms with E-state index in [1.54, 1.807) is 7.05 Å². The summed E-state index contributed by atoms with van der Waals surface area (Å²) in [4.78, 5) is 12.4. The van der Waals surface area contributed by atoms with Crippen molar-refractivity contribution in [1.29, 1.82) is 0 Å². The Balaban J connectivity index is 0.00000338. The molecule has 1 aliphatic heterocycles. The maximum Gasteiger partial charge on any atom is 0.434 e. The van der Waals surface area contributed by atoms with Crippen molar-refractivity contribution in [2.24, 2.45) is 4.99 Å². The van der Waals surface area contributed by atoms with Gasteiger partial charge in [-0.1, -0.05) is 0 Å². The Morgan fingerprint density at radius 3 is 2.69 bits per heavy atom. The number of aromatic nitrogens is 1. The van der Waals surface area contributed by atoms with Gasteiger partial charge in [0.15, 0.2) is 11.7 Å². The molecule has 1 aliphatic rings. The lowest BCUT2D eigenvalue weighted by atomic mass is 10.4. The fraction of sp³-hybridized carbons (Fsp3) is 0.733. The van der Waals surface area contributed by atoms with Crippen LogP contribution in [0.5, 0.6) is 0 Å². The van der Waals surface area contributed by atoms with Gasteiger partial charge in [0.25, 0.3) is 0 Å². The van der Waals surface area contributed by atoms with Crippen molar-refractivity contribution in [3.63, 3.8) is 0 Å². The average Bonchev–Trinajstić information content (AvgIpc) is 2.95. The zero-order valence-electron chi connectivity index (χ0n) is 15.0. The van der Waals surface area contributed by atoms with Gasteiger partial charge in [-0.3, -0.25) is 4.99 Å². The number of guanidine groups is 1. The van der Waals surface area contributed by atoms with E-state index in [-0.39, 0.29) is 30.5 Å². The molecule has 0 amide bonds. The monoisotopic (exact) mass is 506 g/mol. The van der Waals surface area contributed by atoms with Crippen LogP contribution in [0.2, 0.25) is 0 Å². The molecule has 2 heterocycles. The Morgan fingerprint density at radius 2 is 2.04 bits per heavy atom. The molecular formula is C15H26F3IN6S. The normalized spacial score (nSPS) is 17.5. The molecule has 0 atom stereocenters. The van der Waals surface area contributed by atoms with Crippen LogP contribution in [0, 0.1) is 0 Å². The fourth-order valence-corrected chi connectivity index (χ4v) is 3.30. The van der Waals surface area contributed by atoms with Crippen LogP contribution in [0.25, 0.3) is 0 Å². The second-order valence-electron chi connectivity index (χ2n) is 5.98. The molecule has 0 unspecified atom stereocenters. The summed E-state index contributed by atoms with van der Waals surface area (Å²) in [5.74, 6) is 0.565. The summed E-state index contributed by atoms with van der Waals surface area (Å²) >= 11 is 0.989. The largest absolute Gasteiger partial charge is 0.434 e. The molecule has 2 N–H and O–H groups in total. The molecule has 0 spiro atoms. The third kappa shape index (κ3) is 7.92. The van der Waals surface area contributed by atoms with Crippen molar-refractivity contribution in [3.05, 3.63) is 16.1 Å². The molecule has 0 aromatic carbocycles. The van der Waals surface area contributed by atoms with Gasteiger partial charge in [-0.05, 0) is 26.6 Å². The molecule has 1 aromatic rings. The van der Waals surface area contributed by atoms with E-state index in [0.717, 1.165) is 62.4 Å². The Hall–Kier alpha value is -0.660. The highest BCUT2D eigenvalue weighted by atomic mass is 127. The number of hydrogen-bond acceptors (Lipinski definition) is 5. The number of hydrogen-bond donors (Lipinski definition) is 2. The van der Waals surface area contributed by atoms with Crippen LogP contribution < -0.4 is 10.6 Å². The molecule has 1 saturated heterocycles. The first kappa shape index (κ1) is 23.4.